The van der Waals surface area contributed by atoms with Crippen LogP contribution < -0.4 is 5.32 Å². The summed E-state index contributed by atoms with van der Waals surface area (Å²) in [7, 11) is 1.91. The Kier molecular flexibility index (Phi) is 3.99. The topological polar surface area (TPSA) is 24.9 Å². The maximum atomic E-state index is 13.6. The normalized spacial score (nSPS) is 12.7. The number of hydrogen-bond acceptors (Lipinski definition) is 3. The summed E-state index contributed by atoms with van der Waals surface area (Å²) in [6.07, 6.45) is 0.665. The van der Waals surface area contributed by atoms with Gasteiger partial charge in [0.25, 0.3) is 0 Å². The molecule has 0 saturated heterocycles. The number of rotatable bonds is 4. The standard InChI is InChI=1S/C17H17FN2S/c1-11(19-2)14-8-7-13(18)9-12(14)10-17-20-15-5-3-4-6-16(15)21-17/h3-9,11,19H,10H2,1-2H3. The Morgan fingerprint density at radius 3 is 2.81 bits per heavy atom. The molecule has 3 aromatic rings. The molecule has 4 heteroatoms. The van der Waals surface area contributed by atoms with Crippen LogP contribution in [0.3, 0.4) is 0 Å². The van der Waals surface area contributed by atoms with Crippen molar-refractivity contribution in [2.75, 3.05) is 7.05 Å². The molecule has 0 fully saturated rings. The van der Waals surface area contributed by atoms with E-state index in [2.05, 4.69) is 23.3 Å². The number of hydrogen-bond donors (Lipinski definition) is 1. The van der Waals surface area contributed by atoms with Gasteiger partial charge in [0.1, 0.15) is 5.82 Å². The minimum atomic E-state index is -0.196. The number of nitrogens with one attached hydrogen (secondary N) is 1. The van der Waals surface area contributed by atoms with E-state index >= 15 is 0 Å². The fourth-order valence-electron chi connectivity index (χ4n) is 2.46. The highest BCUT2D eigenvalue weighted by atomic mass is 32.1. The summed E-state index contributed by atoms with van der Waals surface area (Å²) < 4.78 is 14.8. The maximum absolute atomic E-state index is 13.6. The largest absolute Gasteiger partial charge is 0.313 e. The van der Waals surface area contributed by atoms with Crippen LogP contribution in [-0.4, -0.2) is 12.0 Å². The summed E-state index contributed by atoms with van der Waals surface area (Å²) in [5.41, 5.74) is 3.13. The minimum Gasteiger partial charge on any atom is -0.313 e. The van der Waals surface area contributed by atoms with Gasteiger partial charge in [0.2, 0.25) is 0 Å². The molecule has 2 nitrogen and oxygen atoms in total. The molecule has 1 atom stereocenters. The zero-order chi connectivity index (χ0) is 14.8. The van der Waals surface area contributed by atoms with Gasteiger partial charge in [-0.2, -0.15) is 0 Å². The van der Waals surface area contributed by atoms with Crippen LogP contribution in [-0.2, 0) is 6.42 Å². The lowest BCUT2D eigenvalue weighted by molar-refractivity contribution is 0.613. The van der Waals surface area contributed by atoms with Crippen LogP contribution in [0.15, 0.2) is 42.5 Å². The third-order valence-electron chi connectivity index (χ3n) is 3.68. The van der Waals surface area contributed by atoms with Gasteiger partial charge in [-0.1, -0.05) is 18.2 Å². The quantitative estimate of drug-likeness (QED) is 0.777. The van der Waals surface area contributed by atoms with Gasteiger partial charge in [-0.3, -0.25) is 0 Å². The SMILES string of the molecule is CNC(C)c1ccc(F)cc1Cc1nc2ccccc2s1. The van der Waals surface area contributed by atoms with Crippen molar-refractivity contribution in [2.24, 2.45) is 0 Å². The van der Waals surface area contributed by atoms with E-state index < -0.39 is 0 Å². The molecule has 3 rings (SSSR count). The highest BCUT2D eigenvalue weighted by Crippen LogP contribution is 2.27. The molecule has 0 bridgehead atoms. The van der Waals surface area contributed by atoms with Crippen molar-refractivity contribution in [3.63, 3.8) is 0 Å². The molecular formula is C17H17FN2S. The highest BCUT2D eigenvalue weighted by molar-refractivity contribution is 7.18. The first kappa shape index (κ1) is 14.2. The molecule has 0 spiro atoms. The molecule has 21 heavy (non-hydrogen) atoms. The van der Waals surface area contributed by atoms with Gasteiger partial charge in [0.05, 0.1) is 15.2 Å². The van der Waals surface area contributed by atoms with E-state index in [0.717, 1.165) is 21.7 Å². The lowest BCUT2D eigenvalue weighted by Crippen LogP contribution is -2.14. The monoisotopic (exact) mass is 300 g/mol. The molecule has 0 aliphatic carbocycles. The summed E-state index contributed by atoms with van der Waals surface area (Å²) in [4.78, 5) is 4.64. The zero-order valence-electron chi connectivity index (χ0n) is 12.1. The van der Waals surface area contributed by atoms with E-state index in [0.29, 0.717) is 6.42 Å². The number of aromatic nitrogens is 1. The third-order valence-corrected chi connectivity index (χ3v) is 4.72. The highest BCUT2D eigenvalue weighted by Gasteiger charge is 2.12. The molecule has 0 radical (unpaired) electrons. The Bertz CT molecular complexity index is 733. The Morgan fingerprint density at radius 2 is 2.05 bits per heavy atom. The second-order valence-electron chi connectivity index (χ2n) is 5.11. The van der Waals surface area contributed by atoms with E-state index in [1.54, 1.807) is 17.4 Å². The van der Waals surface area contributed by atoms with Gasteiger partial charge in [0.15, 0.2) is 0 Å². The van der Waals surface area contributed by atoms with Crippen molar-refractivity contribution in [2.45, 2.75) is 19.4 Å². The Hall–Kier alpha value is -1.78. The molecule has 1 heterocycles. The van der Waals surface area contributed by atoms with E-state index in [1.165, 1.54) is 10.8 Å². The van der Waals surface area contributed by atoms with Crippen LogP contribution in [0.5, 0.6) is 0 Å². The fourth-order valence-corrected chi connectivity index (χ4v) is 3.45. The van der Waals surface area contributed by atoms with E-state index in [1.807, 2.05) is 31.3 Å². The van der Waals surface area contributed by atoms with Crippen molar-refractivity contribution in [3.8, 4) is 0 Å². The lowest BCUT2D eigenvalue weighted by atomic mass is 9.99. The van der Waals surface area contributed by atoms with Crippen molar-refractivity contribution < 1.29 is 4.39 Å². The Labute approximate surface area is 127 Å². The summed E-state index contributed by atoms with van der Waals surface area (Å²) >= 11 is 1.67. The maximum Gasteiger partial charge on any atom is 0.123 e. The number of fused-ring (bicyclic) bond motifs is 1. The number of benzene rings is 2. The van der Waals surface area contributed by atoms with Crippen LogP contribution >= 0.6 is 11.3 Å². The molecule has 2 aromatic carbocycles. The first-order chi connectivity index (χ1) is 10.2. The van der Waals surface area contributed by atoms with E-state index in [9.17, 15) is 4.39 Å². The number of halogens is 1. The van der Waals surface area contributed by atoms with Gasteiger partial charge >= 0.3 is 0 Å². The number of para-hydroxylation sites is 1. The van der Waals surface area contributed by atoms with Crippen LogP contribution in [0.2, 0.25) is 0 Å². The van der Waals surface area contributed by atoms with Gasteiger partial charge in [-0.15, -0.1) is 11.3 Å². The third kappa shape index (κ3) is 2.96. The van der Waals surface area contributed by atoms with Gasteiger partial charge in [-0.25, -0.2) is 9.37 Å². The summed E-state index contributed by atoms with van der Waals surface area (Å²) in [5, 5.41) is 4.23. The molecular weight excluding hydrogens is 283 g/mol. The summed E-state index contributed by atoms with van der Waals surface area (Å²) in [5.74, 6) is -0.196. The molecule has 1 unspecified atom stereocenters. The molecule has 0 saturated carbocycles. The van der Waals surface area contributed by atoms with Gasteiger partial charge in [-0.05, 0) is 49.4 Å². The van der Waals surface area contributed by atoms with Gasteiger partial charge < -0.3 is 5.32 Å². The molecule has 108 valence electrons. The predicted molar refractivity (Wildman–Crippen MR) is 86.3 cm³/mol. The fraction of sp³-hybridized carbons (Fsp3) is 0.235. The summed E-state index contributed by atoms with van der Waals surface area (Å²) in [6, 6.07) is 13.3. The predicted octanol–water partition coefficient (Wildman–Crippen LogP) is 4.31. The van der Waals surface area contributed by atoms with Crippen LogP contribution in [0, 0.1) is 5.82 Å². The van der Waals surface area contributed by atoms with Crippen molar-refractivity contribution in [1.82, 2.24) is 10.3 Å². The molecule has 1 N–H and O–H groups in total. The van der Waals surface area contributed by atoms with Crippen LogP contribution in [0.25, 0.3) is 10.2 Å². The van der Waals surface area contributed by atoms with Crippen molar-refractivity contribution in [1.29, 1.82) is 0 Å². The van der Waals surface area contributed by atoms with Crippen LogP contribution in [0.1, 0.15) is 29.1 Å². The number of nitrogens with zero attached hydrogens (tertiary/aromatic N) is 1. The van der Waals surface area contributed by atoms with Crippen LogP contribution in [0.4, 0.5) is 4.39 Å². The molecule has 0 aliphatic heterocycles. The molecule has 0 amide bonds. The van der Waals surface area contributed by atoms with Crippen molar-refractivity contribution in [3.05, 3.63) is 64.4 Å². The second-order valence-corrected chi connectivity index (χ2v) is 6.22. The van der Waals surface area contributed by atoms with Crippen molar-refractivity contribution >= 4 is 21.6 Å². The smallest absolute Gasteiger partial charge is 0.123 e. The number of thiazole rings is 1. The zero-order valence-corrected chi connectivity index (χ0v) is 12.9. The average molecular weight is 300 g/mol. The Balaban J connectivity index is 1.98. The minimum absolute atomic E-state index is 0.190. The Morgan fingerprint density at radius 1 is 1.24 bits per heavy atom. The molecule has 1 aromatic heterocycles. The average Bonchev–Trinajstić information content (AvgIpc) is 2.89. The first-order valence-electron chi connectivity index (χ1n) is 6.97. The lowest BCUT2D eigenvalue weighted by Gasteiger charge is -2.15. The van der Waals surface area contributed by atoms with E-state index in [-0.39, 0.29) is 11.9 Å². The second kappa shape index (κ2) is 5.92. The molecule has 0 aliphatic rings. The summed E-state index contributed by atoms with van der Waals surface area (Å²) in [6.45, 7) is 2.08. The first-order valence-corrected chi connectivity index (χ1v) is 7.79. The van der Waals surface area contributed by atoms with E-state index in [4.69, 9.17) is 0 Å². The van der Waals surface area contributed by atoms with Gasteiger partial charge in [0, 0.05) is 12.5 Å².